The van der Waals surface area contributed by atoms with Crippen molar-refractivity contribution in [1.82, 2.24) is 33.9 Å². The number of piperidine rings is 1. The standard InChI is InChI=1S/C17H22N8O2S/c1-4-23-12(3)17(11(2)20-23)28(26,27)25-13-7-14(25)9-22(8-13)16-6-5-15-19-18-10-24(15)21-16/h5-6,10,13-14H,4,7-9H2,1-3H3. The van der Waals surface area contributed by atoms with Crippen LogP contribution in [-0.2, 0) is 16.6 Å². The largest absolute Gasteiger partial charge is 0.352 e. The molecular formula is C17H22N8O2S. The molecular weight excluding hydrogens is 380 g/mol. The molecule has 3 fully saturated rings. The van der Waals surface area contributed by atoms with Crippen molar-refractivity contribution in [1.29, 1.82) is 0 Å². The zero-order valence-corrected chi connectivity index (χ0v) is 16.8. The molecule has 3 aliphatic heterocycles. The Hall–Kier alpha value is -2.53. The summed E-state index contributed by atoms with van der Waals surface area (Å²) in [5.74, 6) is 0.810. The normalized spacial score (nSPS) is 22.6. The van der Waals surface area contributed by atoms with Crippen molar-refractivity contribution in [3.8, 4) is 0 Å². The van der Waals surface area contributed by atoms with E-state index in [2.05, 4.69) is 25.3 Å². The number of fused-ring (bicyclic) bond motifs is 3. The van der Waals surface area contributed by atoms with Gasteiger partial charge in [0.15, 0.2) is 5.65 Å². The smallest absolute Gasteiger partial charge is 0.247 e. The third-order valence-electron chi connectivity index (χ3n) is 5.75. The number of hydrogen-bond acceptors (Lipinski definition) is 7. The Kier molecular flexibility index (Phi) is 3.75. The molecule has 6 rings (SSSR count). The molecule has 2 atom stereocenters. The Morgan fingerprint density at radius 3 is 2.57 bits per heavy atom. The molecule has 0 aromatic carbocycles. The first kappa shape index (κ1) is 17.6. The van der Waals surface area contributed by atoms with E-state index in [-0.39, 0.29) is 12.1 Å². The second-order valence-electron chi connectivity index (χ2n) is 7.42. The van der Waals surface area contributed by atoms with Gasteiger partial charge in [-0.1, -0.05) is 0 Å². The molecule has 0 N–H and O–H groups in total. The lowest BCUT2D eigenvalue weighted by Gasteiger charge is -2.55. The molecule has 28 heavy (non-hydrogen) atoms. The third-order valence-corrected chi connectivity index (χ3v) is 8.01. The second kappa shape index (κ2) is 5.98. The van der Waals surface area contributed by atoms with Gasteiger partial charge in [-0.25, -0.2) is 8.42 Å². The van der Waals surface area contributed by atoms with Gasteiger partial charge in [0.2, 0.25) is 10.0 Å². The molecule has 2 unspecified atom stereocenters. The van der Waals surface area contributed by atoms with Crippen LogP contribution < -0.4 is 4.90 Å². The summed E-state index contributed by atoms with van der Waals surface area (Å²) in [5, 5.41) is 16.7. The molecule has 0 aliphatic carbocycles. The highest BCUT2D eigenvalue weighted by atomic mass is 32.2. The van der Waals surface area contributed by atoms with Gasteiger partial charge in [-0.05, 0) is 39.3 Å². The number of piperazine rings is 1. The molecule has 148 valence electrons. The van der Waals surface area contributed by atoms with Gasteiger partial charge in [0.1, 0.15) is 17.0 Å². The van der Waals surface area contributed by atoms with Gasteiger partial charge >= 0.3 is 0 Å². The number of aryl methyl sites for hydroxylation is 2. The Labute approximate surface area is 162 Å². The van der Waals surface area contributed by atoms with E-state index in [1.54, 1.807) is 26.8 Å². The maximum Gasteiger partial charge on any atom is 0.247 e. The van der Waals surface area contributed by atoms with E-state index >= 15 is 0 Å². The van der Waals surface area contributed by atoms with Crippen LogP contribution in [0.3, 0.4) is 0 Å². The van der Waals surface area contributed by atoms with E-state index in [1.165, 1.54) is 0 Å². The number of rotatable bonds is 4. The van der Waals surface area contributed by atoms with E-state index < -0.39 is 10.0 Å². The Morgan fingerprint density at radius 1 is 1.14 bits per heavy atom. The highest BCUT2D eigenvalue weighted by Gasteiger charge is 2.52. The van der Waals surface area contributed by atoms with Crippen molar-refractivity contribution in [2.24, 2.45) is 0 Å². The van der Waals surface area contributed by atoms with E-state index in [4.69, 9.17) is 0 Å². The molecule has 3 saturated heterocycles. The number of sulfonamides is 1. The highest BCUT2D eigenvalue weighted by molar-refractivity contribution is 7.89. The van der Waals surface area contributed by atoms with Gasteiger partial charge in [-0.15, -0.1) is 15.3 Å². The van der Waals surface area contributed by atoms with Gasteiger partial charge in [-0.3, -0.25) is 4.68 Å². The van der Waals surface area contributed by atoms with Crippen molar-refractivity contribution in [2.45, 2.75) is 50.7 Å². The van der Waals surface area contributed by atoms with Crippen molar-refractivity contribution in [3.63, 3.8) is 0 Å². The van der Waals surface area contributed by atoms with Crippen LogP contribution in [0.4, 0.5) is 5.82 Å². The fourth-order valence-corrected chi connectivity index (χ4v) is 6.70. The highest BCUT2D eigenvalue weighted by Crippen LogP contribution is 2.39. The van der Waals surface area contributed by atoms with Crippen LogP contribution in [0.5, 0.6) is 0 Å². The third kappa shape index (κ3) is 2.39. The average molecular weight is 402 g/mol. The summed E-state index contributed by atoms with van der Waals surface area (Å²) in [5.41, 5.74) is 1.97. The Balaban J connectivity index is 1.42. The van der Waals surface area contributed by atoms with Crippen LogP contribution in [0.2, 0.25) is 0 Å². The zero-order chi connectivity index (χ0) is 19.6. The second-order valence-corrected chi connectivity index (χ2v) is 9.20. The first-order chi connectivity index (χ1) is 13.4. The predicted molar refractivity (Wildman–Crippen MR) is 102 cm³/mol. The minimum absolute atomic E-state index is 0.0501. The van der Waals surface area contributed by atoms with Crippen LogP contribution in [0.25, 0.3) is 5.65 Å². The molecule has 10 nitrogen and oxygen atoms in total. The van der Waals surface area contributed by atoms with Gasteiger partial charge < -0.3 is 4.90 Å². The number of anilines is 1. The van der Waals surface area contributed by atoms with Crippen molar-refractivity contribution < 1.29 is 8.42 Å². The fraction of sp³-hybridized carbons (Fsp3) is 0.529. The molecule has 3 aliphatic rings. The van der Waals surface area contributed by atoms with Crippen molar-refractivity contribution >= 4 is 21.5 Å². The molecule has 3 aromatic rings. The van der Waals surface area contributed by atoms with Gasteiger partial charge in [0, 0.05) is 31.7 Å². The average Bonchev–Trinajstić information content (AvgIpc) is 3.24. The molecule has 2 bridgehead atoms. The van der Waals surface area contributed by atoms with E-state index in [1.807, 2.05) is 26.0 Å². The van der Waals surface area contributed by atoms with Crippen molar-refractivity contribution in [2.75, 3.05) is 18.0 Å². The van der Waals surface area contributed by atoms with Crippen LogP contribution >= 0.6 is 0 Å². The van der Waals surface area contributed by atoms with Crippen molar-refractivity contribution in [3.05, 3.63) is 29.8 Å². The van der Waals surface area contributed by atoms with Gasteiger partial charge in [-0.2, -0.15) is 13.9 Å². The number of nitrogens with zero attached hydrogens (tertiary/aromatic N) is 8. The van der Waals surface area contributed by atoms with Crippen LogP contribution in [0.15, 0.2) is 23.4 Å². The lowest BCUT2D eigenvalue weighted by molar-refractivity contribution is 0.0872. The summed E-state index contributed by atoms with van der Waals surface area (Å²) in [6.45, 7) is 7.46. The van der Waals surface area contributed by atoms with Crippen LogP contribution in [0, 0.1) is 13.8 Å². The molecule has 0 saturated carbocycles. The molecule has 11 heteroatoms. The monoisotopic (exact) mass is 402 g/mol. The SMILES string of the molecule is CCn1nc(C)c(S(=O)(=O)N2C3CC2CN(c2ccc4nncn4n2)C3)c1C. The topological polar surface area (TPSA) is 102 Å². The summed E-state index contributed by atoms with van der Waals surface area (Å²) >= 11 is 0. The molecule has 6 heterocycles. The molecule has 3 aromatic heterocycles. The summed E-state index contributed by atoms with van der Waals surface area (Å²) in [6, 6.07) is 3.68. The minimum atomic E-state index is -3.57. The number of hydrogen-bond donors (Lipinski definition) is 0. The first-order valence-electron chi connectivity index (χ1n) is 9.39. The predicted octanol–water partition coefficient (Wildman–Crippen LogP) is 0.609. The Bertz CT molecular complexity index is 1160. The van der Waals surface area contributed by atoms with E-state index in [0.717, 1.165) is 12.2 Å². The minimum Gasteiger partial charge on any atom is -0.352 e. The maximum atomic E-state index is 13.4. The summed E-state index contributed by atoms with van der Waals surface area (Å²) in [6.07, 6.45) is 2.45. The zero-order valence-electron chi connectivity index (χ0n) is 16.0. The maximum absolute atomic E-state index is 13.4. The van der Waals surface area contributed by atoms with E-state index in [0.29, 0.717) is 41.6 Å². The fourth-order valence-electron chi connectivity index (χ4n) is 4.51. The Morgan fingerprint density at radius 2 is 1.89 bits per heavy atom. The van der Waals surface area contributed by atoms with Gasteiger partial charge in [0.25, 0.3) is 0 Å². The lowest BCUT2D eigenvalue weighted by atomic mass is 9.91. The van der Waals surface area contributed by atoms with Crippen LogP contribution in [0.1, 0.15) is 24.7 Å². The summed E-state index contributed by atoms with van der Waals surface area (Å²) in [4.78, 5) is 2.50. The molecule has 0 spiro atoms. The van der Waals surface area contributed by atoms with Crippen LogP contribution in [-0.4, -0.2) is 67.5 Å². The quantitative estimate of drug-likeness (QED) is 0.630. The lowest BCUT2D eigenvalue weighted by Crippen LogP contribution is -2.70. The number of aromatic nitrogens is 6. The summed E-state index contributed by atoms with van der Waals surface area (Å²) in [7, 11) is -3.57. The first-order valence-corrected chi connectivity index (χ1v) is 10.8. The molecule has 0 radical (unpaired) electrons. The summed E-state index contributed by atoms with van der Waals surface area (Å²) < 4.78 is 31.9. The van der Waals surface area contributed by atoms with Gasteiger partial charge in [0.05, 0.1) is 11.4 Å². The van der Waals surface area contributed by atoms with E-state index in [9.17, 15) is 8.42 Å². The molecule has 0 amide bonds.